The van der Waals surface area contributed by atoms with Crippen LogP contribution in [0.15, 0.2) is 56.3 Å². The molecule has 0 fully saturated rings. The van der Waals surface area contributed by atoms with Gasteiger partial charge in [0.2, 0.25) is 5.91 Å². The Kier molecular flexibility index (Phi) is 4.70. The zero-order valence-electron chi connectivity index (χ0n) is 10.5. The molecule has 0 aromatic heterocycles. The third kappa shape index (κ3) is 3.84. The van der Waals surface area contributed by atoms with Gasteiger partial charge in [-0.1, -0.05) is 22.0 Å². The van der Waals surface area contributed by atoms with Gasteiger partial charge < -0.3 is 5.73 Å². The summed E-state index contributed by atoms with van der Waals surface area (Å²) in [6.45, 7) is 0. The van der Waals surface area contributed by atoms with Crippen molar-refractivity contribution in [3.05, 3.63) is 57.0 Å². The molecule has 0 aliphatic heterocycles. The number of hydrogen-bond donors (Lipinski definition) is 2. The predicted octanol–water partition coefficient (Wildman–Crippen LogP) is 3.11. The summed E-state index contributed by atoms with van der Waals surface area (Å²) in [7, 11) is -3.77. The lowest BCUT2D eigenvalue weighted by Crippen LogP contribution is -2.15. The van der Waals surface area contributed by atoms with Crippen LogP contribution in [0, 0.1) is 0 Å². The highest BCUT2D eigenvalue weighted by Crippen LogP contribution is 2.27. The van der Waals surface area contributed by atoms with Crippen LogP contribution in [-0.4, -0.2) is 14.3 Å². The molecule has 0 atom stereocenters. The molecule has 0 heterocycles. The second-order valence-corrected chi connectivity index (χ2v) is 7.55. The van der Waals surface area contributed by atoms with E-state index in [0.29, 0.717) is 4.47 Å². The number of nitrogens with one attached hydrogen (secondary N) is 1. The third-order valence-corrected chi connectivity index (χ3v) is 5.43. The molecular formula is C13H10Br2N2O3S. The van der Waals surface area contributed by atoms with Crippen LogP contribution in [0.4, 0.5) is 5.69 Å². The first kappa shape index (κ1) is 16.0. The summed E-state index contributed by atoms with van der Waals surface area (Å²) in [6.07, 6.45) is 0. The van der Waals surface area contributed by atoms with E-state index >= 15 is 0 Å². The Bertz CT molecular complexity index is 807. The Labute approximate surface area is 138 Å². The third-order valence-electron chi connectivity index (χ3n) is 2.58. The maximum Gasteiger partial charge on any atom is 0.263 e. The zero-order valence-corrected chi connectivity index (χ0v) is 14.5. The molecule has 2 aromatic rings. The molecule has 0 aliphatic carbocycles. The van der Waals surface area contributed by atoms with Gasteiger partial charge in [0.15, 0.2) is 0 Å². The molecule has 110 valence electrons. The first-order valence-corrected chi connectivity index (χ1v) is 8.74. The molecule has 0 bridgehead atoms. The minimum absolute atomic E-state index is 0.0928. The summed E-state index contributed by atoms with van der Waals surface area (Å²) in [5, 5.41) is 0. The van der Waals surface area contributed by atoms with Crippen molar-refractivity contribution in [3.8, 4) is 0 Å². The fourth-order valence-corrected chi connectivity index (χ4v) is 4.44. The Morgan fingerprint density at radius 2 is 1.81 bits per heavy atom. The molecule has 8 heteroatoms. The molecule has 2 rings (SSSR count). The maximum absolute atomic E-state index is 12.3. The van der Waals surface area contributed by atoms with Gasteiger partial charge in [0.1, 0.15) is 4.90 Å². The number of carbonyl (C=O) groups is 1. The molecule has 0 saturated carbocycles. The quantitative estimate of drug-likeness (QED) is 0.776. The highest BCUT2D eigenvalue weighted by molar-refractivity contribution is 9.11. The van der Waals surface area contributed by atoms with Gasteiger partial charge in [-0.2, -0.15) is 0 Å². The molecule has 0 aliphatic rings. The standard InChI is InChI=1S/C13H10Br2N2O3S/c14-9-4-5-12(11(15)7-9)21(19,20)17-10-3-1-2-8(6-10)13(16)18/h1-7,17H,(H2,16,18). The number of benzene rings is 2. The van der Waals surface area contributed by atoms with Gasteiger partial charge in [-0.3, -0.25) is 9.52 Å². The van der Waals surface area contributed by atoms with Crippen molar-refractivity contribution in [2.24, 2.45) is 5.73 Å². The average molecular weight is 434 g/mol. The topological polar surface area (TPSA) is 89.3 Å². The van der Waals surface area contributed by atoms with Crippen LogP contribution in [0.2, 0.25) is 0 Å². The monoisotopic (exact) mass is 432 g/mol. The van der Waals surface area contributed by atoms with Gasteiger partial charge in [0.05, 0.1) is 0 Å². The SMILES string of the molecule is NC(=O)c1cccc(NS(=O)(=O)c2ccc(Br)cc2Br)c1. The van der Waals surface area contributed by atoms with Gasteiger partial charge in [0.25, 0.3) is 10.0 Å². The van der Waals surface area contributed by atoms with Crippen LogP contribution in [-0.2, 0) is 10.0 Å². The summed E-state index contributed by atoms with van der Waals surface area (Å²) in [6, 6.07) is 10.7. The molecule has 3 N–H and O–H groups in total. The predicted molar refractivity (Wildman–Crippen MR) is 87.6 cm³/mol. The molecule has 5 nitrogen and oxygen atoms in total. The molecule has 21 heavy (non-hydrogen) atoms. The zero-order chi connectivity index (χ0) is 15.6. The van der Waals surface area contributed by atoms with Crippen molar-refractivity contribution in [1.82, 2.24) is 0 Å². The van der Waals surface area contributed by atoms with Gasteiger partial charge in [-0.05, 0) is 52.3 Å². The average Bonchev–Trinajstić information content (AvgIpc) is 2.37. The Hall–Kier alpha value is -1.38. The summed E-state index contributed by atoms with van der Waals surface area (Å²) in [5.41, 5.74) is 5.66. The Morgan fingerprint density at radius 3 is 2.43 bits per heavy atom. The second kappa shape index (κ2) is 6.17. The largest absolute Gasteiger partial charge is 0.366 e. The number of anilines is 1. The number of carbonyl (C=O) groups excluding carboxylic acids is 1. The van der Waals surface area contributed by atoms with E-state index in [2.05, 4.69) is 36.6 Å². The van der Waals surface area contributed by atoms with E-state index in [1.165, 1.54) is 24.3 Å². The lowest BCUT2D eigenvalue weighted by molar-refractivity contribution is 0.100. The van der Waals surface area contributed by atoms with Crippen LogP contribution in [0.5, 0.6) is 0 Å². The van der Waals surface area contributed by atoms with Crippen molar-refractivity contribution in [1.29, 1.82) is 0 Å². The number of rotatable bonds is 4. The van der Waals surface area contributed by atoms with Crippen LogP contribution in [0.25, 0.3) is 0 Å². The summed E-state index contributed by atoms with van der Waals surface area (Å²) in [4.78, 5) is 11.2. The van der Waals surface area contributed by atoms with Crippen LogP contribution < -0.4 is 10.5 Å². The maximum atomic E-state index is 12.3. The molecule has 0 radical (unpaired) electrons. The summed E-state index contributed by atoms with van der Waals surface area (Å²) < 4.78 is 28.3. The van der Waals surface area contributed by atoms with Gasteiger partial charge in [0, 0.05) is 20.2 Å². The fourth-order valence-electron chi connectivity index (χ4n) is 1.64. The Morgan fingerprint density at radius 1 is 1.10 bits per heavy atom. The first-order chi connectivity index (χ1) is 9.79. The molecule has 1 amide bonds. The molecule has 2 aromatic carbocycles. The summed E-state index contributed by atoms with van der Waals surface area (Å²) in [5.74, 6) is -0.624. The molecule has 0 spiro atoms. The van der Waals surface area contributed by atoms with E-state index in [-0.39, 0.29) is 16.1 Å². The number of amides is 1. The van der Waals surface area contributed by atoms with E-state index in [4.69, 9.17) is 5.73 Å². The highest BCUT2D eigenvalue weighted by atomic mass is 79.9. The number of sulfonamides is 1. The van der Waals surface area contributed by atoms with Crippen LogP contribution in [0.1, 0.15) is 10.4 Å². The second-order valence-electron chi connectivity index (χ2n) is 4.13. The number of halogens is 2. The van der Waals surface area contributed by atoms with Crippen molar-refractivity contribution in [2.75, 3.05) is 4.72 Å². The Balaban J connectivity index is 2.37. The van der Waals surface area contributed by atoms with Crippen molar-refractivity contribution in [3.63, 3.8) is 0 Å². The highest BCUT2D eigenvalue weighted by Gasteiger charge is 2.18. The van der Waals surface area contributed by atoms with E-state index < -0.39 is 15.9 Å². The molecular weight excluding hydrogens is 424 g/mol. The van der Waals surface area contributed by atoms with E-state index in [1.54, 1.807) is 18.2 Å². The lowest BCUT2D eigenvalue weighted by Gasteiger charge is -2.10. The van der Waals surface area contributed by atoms with Gasteiger partial charge >= 0.3 is 0 Å². The number of primary amides is 1. The fraction of sp³-hybridized carbons (Fsp3) is 0. The number of nitrogens with two attached hydrogens (primary N) is 1. The van der Waals surface area contributed by atoms with Crippen molar-refractivity contribution >= 4 is 53.5 Å². The van der Waals surface area contributed by atoms with Crippen molar-refractivity contribution < 1.29 is 13.2 Å². The van der Waals surface area contributed by atoms with Gasteiger partial charge in [-0.25, -0.2) is 8.42 Å². The molecule has 0 saturated heterocycles. The smallest absolute Gasteiger partial charge is 0.263 e. The van der Waals surface area contributed by atoms with E-state index in [0.717, 1.165) is 4.47 Å². The van der Waals surface area contributed by atoms with E-state index in [9.17, 15) is 13.2 Å². The number of hydrogen-bond acceptors (Lipinski definition) is 3. The minimum Gasteiger partial charge on any atom is -0.366 e. The van der Waals surface area contributed by atoms with Crippen LogP contribution in [0.3, 0.4) is 0 Å². The molecule has 0 unspecified atom stereocenters. The summed E-state index contributed by atoms with van der Waals surface area (Å²) >= 11 is 6.47. The van der Waals surface area contributed by atoms with Gasteiger partial charge in [-0.15, -0.1) is 0 Å². The minimum atomic E-state index is -3.77. The first-order valence-electron chi connectivity index (χ1n) is 5.67. The normalized spacial score (nSPS) is 11.1. The lowest BCUT2D eigenvalue weighted by atomic mass is 10.2. The van der Waals surface area contributed by atoms with E-state index in [1.807, 2.05) is 0 Å². The van der Waals surface area contributed by atoms with Crippen LogP contribution >= 0.6 is 31.9 Å². The van der Waals surface area contributed by atoms with Crippen molar-refractivity contribution in [2.45, 2.75) is 4.90 Å².